The summed E-state index contributed by atoms with van der Waals surface area (Å²) in [4.78, 5) is 0. The second-order valence-corrected chi connectivity index (χ2v) is 4.82. The van der Waals surface area contributed by atoms with Gasteiger partial charge >= 0.3 is 0 Å². The molecule has 15 heavy (non-hydrogen) atoms. The molecule has 2 aliphatic rings. The van der Waals surface area contributed by atoms with Gasteiger partial charge in [-0.1, -0.05) is 12.1 Å². The van der Waals surface area contributed by atoms with Crippen molar-refractivity contribution in [2.45, 2.75) is 18.8 Å². The normalized spacial score (nSPS) is 33.3. The summed E-state index contributed by atoms with van der Waals surface area (Å²) in [6.45, 7) is 2.40. The molecule has 0 bridgehead atoms. The molecule has 2 heteroatoms. The Hall–Kier alpha value is -1.02. The highest BCUT2D eigenvalue weighted by atomic mass is 16.5. The molecule has 80 valence electrons. The van der Waals surface area contributed by atoms with Gasteiger partial charge in [-0.2, -0.15) is 0 Å². The lowest BCUT2D eigenvalue weighted by atomic mass is 9.98. The molecule has 1 aliphatic heterocycles. The van der Waals surface area contributed by atoms with Gasteiger partial charge < -0.3 is 10.1 Å². The molecular weight excluding hydrogens is 186 g/mol. The van der Waals surface area contributed by atoms with Crippen LogP contribution < -0.4 is 10.1 Å². The summed E-state index contributed by atoms with van der Waals surface area (Å²) in [5.41, 5.74) is 2.05. The quantitative estimate of drug-likeness (QED) is 0.795. The zero-order chi connectivity index (χ0) is 10.3. The molecule has 1 aromatic carbocycles. The fourth-order valence-corrected chi connectivity index (χ4v) is 2.91. The molecule has 1 saturated carbocycles. The average Bonchev–Trinajstić information content (AvgIpc) is 2.77. The summed E-state index contributed by atoms with van der Waals surface area (Å²) in [5.74, 6) is 1.75. The zero-order valence-electron chi connectivity index (χ0n) is 9.12. The second kappa shape index (κ2) is 3.24. The summed E-state index contributed by atoms with van der Waals surface area (Å²) in [6, 6.07) is 8.55. The number of methoxy groups -OCH3 is 1. The molecule has 0 amide bonds. The first kappa shape index (κ1) is 9.22. The van der Waals surface area contributed by atoms with Crippen molar-refractivity contribution in [3.8, 4) is 5.75 Å². The maximum Gasteiger partial charge on any atom is 0.119 e. The first-order valence-electron chi connectivity index (χ1n) is 5.69. The van der Waals surface area contributed by atoms with Crippen LogP contribution in [-0.2, 0) is 0 Å². The number of rotatable bonds is 2. The van der Waals surface area contributed by atoms with Gasteiger partial charge in [0.25, 0.3) is 0 Å². The fourth-order valence-electron chi connectivity index (χ4n) is 2.91. The van der Waals surface area contributed by atoms with Crippen LogP contribution in [0.1, 0.15) is 24.3 Å². The van der Waals surface area contributed by atoms with E-state index in [1.807, 2.05) is 6.07 Å². The van der Waals surface area contributed by atoms with Gasteiger partial charge in [0.05, 0.1) is 7.11 Å². The van der Waals surface area contributed by atoms with Crippen molar-refractivity contribution in [2.24, 2.45) is 5.41 Å². The highest BCUT2D eigenvalue weighted by Gasteiger charge is 2.55. The Kier molecular flexibility index (Phi) is 1.99. The summed E-state index contributed by atoms with van der Waals surface area (Å²) in [5, 5.41) is 3.47. The van der Waals surface area contributed by atoms with Crippen LogP contribution in [0.25, 0.3) is 0 Å². The van der Waals surface area contributed by atoms with Crippen LogP contribution in [0.15, 0.2) is 24.3 Å². The second-order valence-electron chi connectivity index (χ2n) is 4.82. The van der Waals surface area contributed by atoms with E-state index in [1.54, 1.807) is 7.11 Å². The highest BCUT2D eigenvalue weighted by Crippen LogP contribution is 2.62. The van der Waals surface area contributed by atoms with Gasteiger partial charge in [-0.05, 0) is 48.4 Å². The summed E-state index contributed by atoms with van der Waals surface area (Å²) < 4.78 is 5.27. The summed E-state index contributed by atoms with van der Waals surface area (Å²) in [7, 11) is 1.74. The van der Waals surface area contributed by atoms with E-state index in [9.17, 15) is 0 Å². The van der Waals surface area contributed by atoms with E-state index >= 15 is 0 Å². The maximum atomic E-state index is 5.27. The van der Waals surface area contributed by atoms with Crippen molar-refractivity contribution in [1.29, 1.82) is 0 Å². The lowest BCUT2D eigenvalue weighted by Gasteiger charge is -2.08. The number of hydrogen-bond acceptors (Lipinski definition) is 2. The van der Waals surface area contributed by atoms with Crippen LogP contribution in [0.3, 0.4) is 0 Å². The van der Waals surface area contributed by atoms with Gasteiger partial charge in [0.2, 0.25) is 0 Å². The molecule has 3 rings (SSSR count). The van der Waals surface area contributed by atoms with Gasteiger partial charge in [-0.3, -0.25) is 0 Å². The number of nitrogens with one attached hydrogen (secondary N) is 1. The number of ether oxygens (including phenoxy) is 1. The van der Waals surface area contributed by atoms with Gasteiger partial charge in [-0.15, -0.1) is 0 Å². The van der Waals surface area contributed by atoms with Crippen LogP contribution in [0.2, 0.25) is 0 Å². The molecule has 2 unspecified atom stereocenters. The highest BCUT2D eigenvalue weighted by molar-refractivity contribution is 5.36. The van der Waals surface area contributed by atoms with Crippen LogP contribution >= 0.6 is 0 Å². The van der Waals surface area contributed by atoms with Crippen molar-refractivity contribution in [3.05, 3.63) is 29.8 Å². The van der Waals surface area contributed by atoms with E-state index < -0.39 is 0 Å². The molecule has 2 fully saturated rings. The van der Waals surface area contributed by atoms with E-state index in [0.29, 0.717) is 5.41 Å². The number of benzene rings is 1. The SMILES string of the molecule is COc1cccc(C2CC23CCNC3)c1. The summed E-state index contributed by atoms with van der Waals surface area (Å²) >= 11 is 0. The van der Waals surface area contributed by atoms with Crippen molar-refractivity contribution >= 4 is 0 Å². The Balaban J connectivity index is 1.83. The van der Waals surface area contributed by atoms with Crippen molar-refractivity contribution in [3.63, 3.8) is 0 Å². The Morgan fingerprint density at radius 3 is 3.13 bits per heavy atom. The molecule has 2 atom stereocenters. The average molecular weight is 203 g/mol. The van der Waals surface area contributed by atoms with E-state index in [1.165, 1.54) is 31.5 Å². The predicted molar refractivity (Wildman–Crippen MR) is 60.3 cm³/mol. The topological polar surface area (TPSA) is 21.3 Å². The standard InChI is InChI=1S/C13H17NO/c1-15-11-4-2-3-10(7-11)12-8-13(12)5-6-14-9-13/h2-4,7,12,14H,5-6,8-9H2,1H3. The Bertz CT molecular complexity index is 369. The van der Waals surface area contributed by atoms with Gasteiger partial charge in [0, 0.05) is 6.54 Å². The third-order valence-electron chi connectivity index (χ3n) is 3.96. The van der Waals surface area contributed by atoms with Gasteiger partial charge in [0.1, 0.15) is 5.75 Å². The van der Waals surface area contributed by atoms with Crippen LogP contribution in [0.5, 0.6) is 5.75 Å². The van der Waals surface area contributed by atoms with Crippen LogP contribution in [0, 0.1) is 5.41 Å². The monoisotopic (exact) mass is 203 g/mol. The minimum Gasteiger partial charge on any atom is -0.497 e. The Morgan fingerprint density at radius 2 is 2.40 bits per heavy atom. The lowest BCUT2D eigenvalue weighted by Crippen LogP contribution is -2.10. The largest absolute Gasteiger partial charge is 0.497 e. The zero-order valence-corrected chi connectivity index (χ0v) is 9.12. The molecule has 1 heterocycles. The summed E-state index contributed by atoms with van der Waals surface area (Å²) in [6.07, 6.45) is 2.70. The predicted octanol–water partition coefficient (Wildman–Crippen LogP) is 2.16. The third-order valence-corrected chi connectivity index (χ3v) is 3.96. The molecule has 1 aliphatic carbocycles. The van der Waals surface area contributed by atoms with Gasteiger partial charge in [-0.25, -0.2) is 0 Å². The molecule has 2 nitrogen and oxygen atoms in total. The molecule has 1 aromatic rings. The smallest absolute Gasteiger partial charge is 0.119 e. The van der Waals surface area contributed by atoms with E-state index in [2.05, 4.69) is 23.5 Å². The minimum absolute atomic E-state index is 0.590. The molecule has 1 N–H and O–H groups in total. The molecular formula is C13H17NO. The first-order chi connectivity index (χ1) is 7.34. The molecule has 0 aromatic heterocycles. The Labute approximate surface area is 90.6 Å². The third kappa shape index (κ3) is 1.44. The van der Waals surface area contributed by atoms with E-state index in [0.717, 1.165) is 11.7 Å². The van der Waals surface area contributed by atoms with Gasteiger partial charge in [0.15, 0.2) is 0 Å². The molecule has 1 spiro atoms. The van der Waals surface area contributed by atoms with E-state index in [4.69, 9.17) is 4.74 Å². The van der Waals surface area contributed by atoms with E-state index in [-0.39, 0.29) is 0 Å². The van der Waals surface area contributed by atoms with Crippen molar-refractivity contribution in [1.82, 2.24) is 5.32 Å². The molecule has 0 radical (unpaired) electrons. The van der Waals surface area contributed by atoms with Crippen LogP contribution in [-0.4, -0.2) is 20.2 Å². The minimum atomic E-state index is 0.590. The molecule has 1 saturated heterocycles. The van der Waals surface area contributed by atoms with Crippen molar-refractivity contribution < 1.29 is 4.74 Å². The maximum absolute atomic E-state index is 5.27. The fraction of sp³-hybridized carbons (Fsp3) is 0.538. The lowest BCUT2D eigenvalue weighted by molar-refractivity contribution is 0.414. The Morgan fingerprint density at radius 1 is 1.47 bits per heavy atom. The van der Waals surface area contributed by atoms with Crippen molar-refractivity contribution in [2.75, 3.05) is 20.2 Å². The number of hydrogen-bond donors (Lipinski definition) is 1. The first-order valence-corrected chi connectivity index (χ1v) is 5.69. The van der Waals surface area contributed by atoms with Crippen LogP contribution in [0.4, 0.5) is 0 Å².